The highest BCUT2D eigenvalue weighted by molar-refractivity contribution is 5.98. The van der Waals surface area contributed by atoms with E-state index in [0.717, 1.165) is 11.3 Å². The van der Waals surface area contributed by atoms with Gasteiger partial charge in [0.05, 0.1) is 11.4 Å². The van der Waals surface area contributed by atoms with E-state index in [4.69, 9.17) is 5.73 Å². The summed E-state index contributed by atoms with van der Waals surface area (Å²) in [4.78, 5) is 13.3. The van der Waals surface area contributed by atoms with Crippen LogP contribution >= 0.6 is 0 Å². The Hall–Kier alpha value is -1.51. The van der Waals surface area contributed by atoms with Gasteiger partial charge in [0, 0.05) is 18.9 Å². The van der Waals surface area contributed by atoms with Gasteiger partial charge in [-0.15, -0.1) is 0 Å². The van der Waals surface area contributed by atoms with Gasteiger partial charge in [-0.2, -0.15) is 0 Å². The molecule has 1 aromatic rings. The Labute approximate surface area is 89.9 Å². The van der Waals surface area contributed by atoms with Gasteiger partial charge in [-0.1, -0.05) is 26.0 Å². The van der Waals surface area contributed by atoms with Crippen molar-refractivity contribution in [2.45, 2.75) is 26.2 Å². The van der Waals surface area contributed by atoms with Crippen molar-refractivity contribution in [3.05, 3.63) is 23.8 Å². The minimum Gasteiger partial charge on any atom is -0.397 e. The maximum Gasteiger partial charge on any atom is 0.223 e. The Kier molecular flexibility index (Phi) is 2.00. The number of hydrogen-bond donors (Lipinski definition) is 1. The monoisotopic (exact) mass is 204 g/mol. The molecule has 0 saturated heterocycles. The summed E-state index contributed by atoms with van der Waals surface area (Å²) >= 11 is 0. The smallest absolute Gasteiger partial charge is 0.223 e. The second kappa shape index (κ2) is 2.99. The highest BCUT2D eigenvalue weighted by Crippen LogP contribution is 2.43. The number of benzene rings is 1. The summed E-state index contributed by atoms with van der Waals surface area (Å²) in [5, 5.41) is 0. The zero-order valence-corrected chi connectivity index (χ0v) is 9.37. The van der Waals surface area contributed by atoms with Gasteiger partial charge in [-0.05, 0) is 11.6 Å². The van der Waals surface area contributed by atoms with Crippen LogP contribution in [0, 0.1) is 0 Å². The van der Waals surface area contributed by atoms with Crippen LogP contribution in [0.3, 0.4) is 0 Å². The van der Waals surface area contributed by atoms with E-state index in [2.05, 4.69) is 19.9 Å². The largest absolute Gasteiger partial charge is 0.397 e. The maximum atomic E-state index is 11.5. The Morgan fingerprint density at radius 1 is 1.47 bits per heavy atom. The second-order valence-corrected chi connectivity index (χ2v) is 4.73. The number of hydrogen-bond acceptors (Lipinski definition) is 2. The van der Waals surface area contributed by atoms with E-state index in [1.807, 2.05) is 12.1 Å². The molecule has 3 heteroatoms. The van der Waals surface area contributed by atoms with Crippen LogP contribution in [0.25, 0.3) is 0 Å². The zero-order chi connectivity index (χ0) is 11.2. The van der Waals surface area contributed by atoms with Crippen LogP contribution in [0.5, 0.6) is 0 Å². The fraction of sp³-hybridized carbons (Fsp3) is 0.417. The van der Waals surface area contributed by atoms with Crippen LogP contribution in [-0.2, 0) is 10.2 Å². The molecule has 2 N–H and O–H groups in total. The van der Waals surface area contributed by atoms with E-state index < -0.39 is 0 Å². The molecule has 0 radical (unpaired) electrons. The molecule has 1 aromatic carbocycles. The third-order valence-electron chi connectivity index (χ3n) is 3.00. The van der Waals surface area contributed by atoms with Crippen molar-refractivity contribution in [2.75, 3.05) is 17.2 Å². The van der Waals surface area contributed by atoms with Crippen LogP contribution in [-0.4, -0.2) is 12.5 Å². The number of para-hydroxylation sites is 1. The lowest BCUT2D eigenvalue weighted by atomic mass is 9.87. The summed E-state index contributed by atoms with van der Waals surface area (Å²) in [7, 11) is 0. The van der Waals surface area contributed by atoms with Crippen LogP contribution in [0.15, 0.2) is 18.2 Å². The SMILES string of the molecule is CC(=O)N1CC(C)(C)c2cccc(N)c21. The standard InChI is InChI=1S/C12H16N2O/c1-8(15)14-7-12(2,3)9-5-4-6-10(13)11(9)14/h4-6H,7,13H2,1-3H3. The first-order valence-corrected chi connectivity index (χ1v) is 5.10. The van der Waals surface area contributed by atoms with Crippen LogP contribution in [0.2, 0.25) is 0 Å². The van der Waals surface area contributed by atoms with E-state index in [-0.39, 0.29) is 11.3 Å². The van der Waals surface area contributed by atoms with E-state index in [0.29, 0.717) is 12.2 Å². The lowest BCUT2D eigenvalue weighted by Crippen LogP contribution is -2.32. The van der Waals surface area contributed by atoms with Crippen molar-refractivity contribution in [1.82, 2.24) is 0 Å². The van der Waals surface area contributed by atoms with Crippen molar-refractivity contribution >= 4 is 17.3 Å². The highest BCUT2D eigenvalue weighted by atomic mass is 16.2. The number of carbonyl (C=O) groups is 1. The normalized spacial score (nSPS) is 17.7. The molecule has 80 valence electrons. The lowest BCUT2D eigenvalue weighted by Gasteiger charge is -2.19. The fourth-order valence-electron chi connectivity index (χ4n) is 2.24. The molecular weight excluding hydrogens is 188 g/mol. The van der Waals surface area contributed by atoms with Gasteiger partial charge in [0.25, 0.3) is 0 Å². The number of rotatable bonds is 0. The summed E-state index contributed by atoms with van der Waals surface area (Å²) in [5.41, 5.74) is 8.67. The van der Waals surface area contributed by atoms with Crippen LogP contribution in [0.1, 0.15) is 26.3 Å². The third kappa shape index (κ3) is 1.39. The minimum atomic E-state index is -0.00359. The third-order valence-corrected chi connectivity index (χ3v) is 3.00. The first-order valence-electron chi connectivity index (χ1n) is 5.10. The van der Waals surface area contributed by atoms with Gasteiger partial charge < -0.3 is 10.6 Å². The molecule has 15 heavy (non-hydrogen) atoms. The maximum absolute atomic E-state index is 11.5. The number of anilines is 2. The number of nitrogen functional groups attached to an aromatic ring is 1. The van der Waals surface area contributed by atoms with E-state index in [9.17, 15) is 4.79 Å². The Morgan fingerprint density at radius 2 is 2.13 bits per heavy atom. The molecule has 0 aromatic heterocycles. The molecule has 0 atom stereocenters. The number of fused-ring (bicyclic) bond motifs is 1. The average Bonchev–Trinajstić information content (AvgIpc) is 2.40. The van der Waals surface area contributed by atoms with Crippen molar-refractivity contribution in [1.29, 1.82) is 0 Å². The minimum absolute atomic E-state index is 0.00359. The van der Waals surface area contributed by atoms with E-state index in [1.165, 1.54) is 0 Å². The summed E-state index contributed by atoms with van der Waals surface area (Å²) < 4.78 is 0. The molecule has 1 aliphatic heterocycles. The van der Waals surface area contributed by atoms with Crippen LogP contribution in [0.4, 0.5) is 11.4 Å². The summed E-state index contributed by atoms with van der Waals surface area (Å²) in [5.74, 6) is 0.0553. The number of nitrogens with zero attached hydrogens (tertiary/aromatic N) is 1. The second-order valence-electron chi connectivity index (χ2n) is 4.73. The van der Waals surface area contributed by atoms with Gasteiger partial charge in [-0.25, -0.2) is 0 Å². The molecule has 0 bridgehead atoms. The molecule has 0 saturated carbocycles. The number of amides is 1. The van der Waals surface area contributed by atoms with Gasteiger partial charge in [0.15, 0.2) is 0 Å². The van der Waals surface area contributed by atoms with Crippen molar-refractivity contribution in [3.8, 4) is 0 Å². The van der Waals surface area contributed by atoms with Crippen LogP contribution < -0.4 is 10.6 Å². The molecule has 0 fully saturated rings. The predicted molar refractivity (Wildman–Crippen MR) is 61.9 cm³/mol. The van der Waals surface area contributed by atoms with Gasteiger partial charge >= 0.3 is 0 Å². The Morgan fingerprint density at radius 3 is 2.73 bits per heavy atom. The van der Waals surface area contributed by atoms with Gasteiger partial charge in [0.1, 0.15) is 0 Å². The molecule has 1 amide bonds. The predicted octanol–water partition coefficient (Wildman–Crippen LogP) is 1.91. The molecule has 0 spiro atoms. The molecule has 1 aliphatic rings. The summed E-state index contributed by atoms with van der Waals surface area (Å²) in [6.45, 7) is 6.56. The first-order chi connectivity index (χ1) is 6.93. The fourth-order valence-corrected chi connectivity index (χ4v) is 2.24. The molecule has 0 aliphatic carbocycles. The van der Waals surface area contributed by atoms with E-state index >= 15 is 0 Å². The zero-order valence-electron chi connectivity index (χ0n) is 9.37. The highest BCUT2D eigenvalue weighted by Gasteiger charge is 2.37. The van der Waals surface area contributed by atoms with E-state index in [1.54, 1.807) is 11.8 Å². The summed E-state index contributed by atoms with van der Waals surface area (Å²) in [6, 6.07) is 5.84. The molecule has 1 heterocycles. The quantitative estimate of drug-likeness (QED) is 0.656. The first kappa shape index (κ1) is 10.0. The Bertz CT molecular complexity index is 424. The Balaban J connectivity index is 2.63. The molecule has 0 unspecified atom stereocenters. The number of nitrogens with two attached hydrogens (primary N) is 1. The summed E-state index contributed by atoms with van der Waals surface area (Å²) in [6.07, 6.45) is 0. The topological polar surface area (TPSA) is 46.3 Å². The molecule has 2 rings (SSSR count). The van der Waals surface area contributed by atoms with Gasteiger partial charge in [0.2, 0.25) is 5.91 Å². The molecular formula is C12H16N2O. The lowest BCUT2D eigenvalue weighted by molar-refractivity contribution is -0.116. The van der Waals surface area contributed by atoms with Crippen molar-refractivity contribution < 1.29 is 4.79 Å². The van der Waals surface area contributed by atoms with Crippen molar-refractivity contribution in [3.63, 3.8) is 0 Å². The van der Waals surface area contributed by atoms with Crippen molar-refractivity contribution in [2.24, 2.45) is 0 Å². The molecule has 3 nitrogen and oxygen atoms in total. The average molecular weight is 204 g/mol. The number of carbonyl (C=O) groups excluding carboxylic acids is 1. The van der Waals surface area contributed by atoms with Gasteiger partial charge in [-0.3, -0.25) is 4.79 Å².